The molecular formula is C18H20O. The summed E-state index contributed by atoms with van der Waals surface area (Å²) in [6, 6.07) is 20.8. The van der Waals surface area contributed by atoms with E-state index in [1.165, 1.54) is 17.5 Å². The Morgan fingerprint density at radius 3 is 1.32 bits per heavy atom. The summed E-state index contributed by atoms with van der Waals surface area (Å²) in [7, 11) is 0. The zero-order valence-corrected chi connectivity index (χ0v) is 11.2. The molecule has 0 unspecified atom stereocenters. The number of carbonyl (C=O) groups excluding carboxylic acids is 1. The largest absolute Gasteiger partial charge is 0.300 e. The summed E-state index contributed by atoms with van der Waals surface area (Å²) in [4.78, 5) is 10.5. The standard InChI is InChI=1S/C12H10.C6H10O/c1-3-7-11(8-4-1)12-9-5-2-6-10-12;7-6-4-2-1-3-5-6/h1-10H;1-5H2. The van der Waals surface area contributed by atoms with Crippen LogP contribution < -0.4 is 0 Å². The van der Waals surface area contributed by atoms with E-state index in [-0.39, 0.29) is 0 Å². The van der Waals surface area contributed by atoms with Gasteiger partial charge in [0.1, 0.15) is 5.78 Å². The molecule has 0 amide bonds. The van der Waals surface area contributed by atoms with E-state index in [4.69, 9.17) is 0 Å². The maximum Gasteiger partial charge on any atom is 0.132 e. The summed E-state index contributed by atoms with van der Waals surface area (Å²) in [5.74, 6) is 0.464. The average Bonchev–Trinajstić information content (AvgIpc) is 2.51. The number of Topliss-reactive ketones (excluding diaryl/α,β-unsaturated/α-hetero) is 1. The predicted molar refractivity (Wildman–Crippen MR) is 80.0 cm³/mol. The van der Waals surface area contributed by atoms with Crippen molar-refractivity contribution in [1.82, 2.24) is 0 Å². The lowest BCUT2D eigenvalue weighted by Crippen LogP contribution is -2.02. The van der Waals surface area contributed by atoms with Gasteiger partial charge in [-0.15, -0.1) is 0 Å². The molecule has 19 heavy (non-hydrogen) atoms. The SMILES string of the molecule is O=C1CCCCC1.c1ccc(-c2ccccc2)cc1. The van der Waals surface area contributed by atoms with E-state index < -0.39 is 0 Å². The van der Waals surface area contributed by atoms with Crippen molar-refractivity contribution >= 4 is 5.78 Å². The molecule has 0 saturated heterocycles. The number of benzene rings is 2. The van der Waals surface area contributed by atoms with Crippen LogP contribution in [0.4, 0.5) is 0 Å². The van der Waals surface area contributed by atoms with Crippen LogP contribution in [0.3, 0.4) is 0 Å². The Balaban J connectivity index is 0.000000163. The zero-order valence-electron chi connectivity index (χ0n) is 11.2. The number of ketones is 1. The fourth-order valence-electron chi connectivity index (χ4n) is 2.21. The molecule has 0 bridgehead atoms. The van der Waals surface area contributed by atoms with Crippen LogP contribution in [0, 0.1) is 0 Å². The van der Waals surface area contributed by atoms with Crippen molar-refractivity contribution in [1.29, 1.82) is 0 Å². The van der Waals surface area contributed by atoms with Crippen molar-refractivity contribution in [3.8, 4) is 11.1 Å². The Kier molecular flexibility index (Phi) is 5.36. The molecule has 1 aliphatic carbocycles. The van der Waals surface area contributed by atoms with Crippen LogP contribution in [0.1, 0.15) is 32.1 Å². The van der Waals surface area contributed by atoms with Crippen LogP contribution in [0.25, 0.3) is 11.1 Å². The lowest BCUT2D eigenvalue weighted by molar-refractivity contribution is -0.120. The predicted octanol–water partition coefficient (Wildman–Crippen LogP) is 4.87. The van der Waals surface area contributed by atoms with Gasteiger partial charge in [0, 0.05) is 12.8 Å². The molecule has 1 fully saturated rings. The van der Waals surface area contributed by atoms with E-state index in [1.807, 2.05) is 12.1 Å². The molecular weight excluding hydrogens is 232 g/mol. The second-order valence-corrected chi connectivity index (χ2v) is 4.83. The fourth-order valence-corrected chi connectivity index (χ4v) is 2.21. The van der Waals surface area contributed by atoms with E-state index in [9.17, 15) is 4.79 Å². The van der Waals surface area contributed by atoms with Gasteiger partial charge in [-0.25, -0.2) is 0 Å². The van der Waals surface area contributed by atoms with Gasteiger partial charge in [0.25, 0.3) is 0 Å². The lowest BCUT2D eigenvalue weighted by Gasteiger charge is -2.05. The first kappa shape index (κ1) is 13.5. The Morgan fingerprint density at radius 2 is 1.00 bits per heavy atom. The van der Waals surface area contributed by atoms with Crippen molar-refractivity contribution < 1.29 is 4.79 Å². The highest BCUT2D eigenvalue weighted by Crippen LogP contribution is 2.17. The molecule has 0 aliphatic heterocycles. The molecule has 0 N–H and O–H groups in total. The zero-order chi connectivity index (χ0) is 13.3. The van der Waals surface area contributed by atoms with E-state index in [0.29, 0.717) is 5.78 Å². The Bertz CT molecular complexity index is 442. The van der Waals surface area contributed by atoms with Crippen LogP contribution in [0.2, 0.25) is 0 Å². The van der Waals surface area contributed by atoms with Crippen LogP contribution in [-0.4, -0.2) is 5.78 Å². The molecule has 1 nitrogen and oxygen atoms in total. The molecule has 98 valence electrons. The van der Waals surface area contributed by atoms with E-state index in [1.54, 1.807) is 0 Å². The van der Waals surface area contributed by atoms with Crippen LogP contribution in [-0.2, 0) is 4.79 Å². The van der Waals surface area contributed by atoms with Gasteiger partial charge in [-0.3, -0.25) is 4.79 Å². The van der Waals surface area contributed by atoms with E-state index >= 15 is 0 Å². The van der Waals surface area contributed by atoms with Gasteiger partial charge >= 0.3 is 0 Å². The summed E-state index contributed by atoms with van der Waals surface area (Å²) in [5.41, 5.74) is 2.55. The normalized spacial score (nSPS) is 14.4. The summed E-state index contributed by atoms with van der Waals surface area (Å²) >= 11 is 0. The third-order valence-corrected chi connectivity index (χ3v) is 3.29. The third kappa shape index (κ3) is 4.70. The van der Waals surface area contributed by atoms with Crippen LogP contribution >= 0.6 is 0 Å². The van der Waals surface area contributed by atoms with Crippen molar-refractivity contribution in [2.45, 2.75) is 32.1 Å². The van der Waals surface area contributed by atoms with E-state index in [2.05, 4.69) is 48.5 Å². The third-order valence-electron chi connectivity index (χ3n) is 3.29. The first-order valence-corrected chi connectivity index (χ1v) is 6.98. The second kappa shape index (κ2) is 7.52. The Labute approximate surface area is 115 Å². The first-order chi connectivity index (χ1) is 9.36. The quantitative estimate of drug-likeness (QED) is 0.707. The van der Waals surface area contributed by atoms with Crippen LogP contribution in [0.15, 0.2) is 60.7 Å². The van der Waals surface area contributed by atoms with Crippen LogP contribution in [0.5, 0.6) is 0 Å². The summed E-state index contributed by atoms with van der Waals surface area (Å²) in [6.45, 7) is 0. The molecule has 1 aliphatic rings. The molecule has 2 aromatic rings. The van der Waals surface area contributed by atoms with Crippen molar-refractivity contribution in [2.24, 2.45) is 0 Å². The number of hydrogen-bond donors (Lipinski definition) is 0. The number of rotatable bonds is 1. The molecule has 1 heteroatoms. The van der Waals surface area contributed by atoms with E-state index in [0.717, 1.165) is 25.7 Å². The van der Waals surface area contributed by atoms with Crippen molar-refractivity contribution in [3.63, 3.8) is 0 Å². The first-order valence-electron chi connectivity index (χ1n) is 6.98. The topological polar surface area (TPSA) is 17.1 Å². The highest BCUT2D eigenvalue weighted by atomic mass is 16.1. The molecule has 2 aromatic carbocycles. The maximum atomic E-state index is 10.5. The lowest BCUT2D eigenvalue weighted by atomic mass is 10.00. The highest BCUT2D eigenvalue weighted by molar-refractivity contribution is 5.78. The molecule has 0 heterocycles. The summed E-state index contributed by atoms with van der Waals surface area (Å²) in [5, 5.41) is 0. The summed E-state index contributed by atoms with van der Waals surface area (Å²) < 4.78 is 0. The maximum absolute atomic E-state index is 10.5. The Morgan fingerprint density at radius 1 is 0.579 bits per heavy atom. The van der Waals surface area contributed by atoms with Gasteiger partial charge in [-0.1, -0.05) is 67.1 Å². The van der Waals surface area contributed by atoms with Gasteiger partial charge in [0.05, 0.1) is 0 Å². The van der Waals surface area contributed by atoms with Gasteiger partial charge < -0.3 is 0 Å². The molecule has 0 aromatic heterocycles. The molecule has 3 rings (SSSR count). The van der Waals surface area contributed by atoms with Crippen molar-refractivity contribution in [3.05, 3.63) is 60.7 Å². The molecule has 1 saturated carbocycles. The highest BCUT2D eigenvalue weighted by Gasteiger charge is 2.05. The Hall–Kier alpha value is -1.89. The average molecular weight is 252 g/mol. The van der Waals surface area contributed by atoms with Crippen molar-refractivity contribution in [2.75, 3.05) is 0 Å². The monoisotopic (exact) mass is 252 g/mol. The molecule has 0 atom stereocenters. The minimum atomic E-state index is 0.464. The van der Waals surface area contributed by atoms with Gasteiger partial charge in [-0.2, -0.15) is 0 Å². The number of hydrogen-bond acceptors (Lipinski definition) is 1. The fraction of sp³-hybridized carbons (Fsp3) is 0.278. The summed E-state index contributed by atoms with van der Waals surface area (Å²) in [6.07, 6.45) is 5.24. The smallest absolute Gasteiger partial charge is 0.132 e. The van der Waals surface area contributed by atoms with Gasteiger partial charge in [-0.05, 0) is 24.0 Å². The number of carbonyl (C=O) groups is 1. The second-order valence-electron chi connectivity index (χ2n) is 4.83. The van der Waals surface area contributed by atoms with Gasteiger partial charge in [0.2, 0.25) is 0 Å². The van der Waals surface area contributed by atoms with Gasteiger partial charge in [0.15, 0.2) is 0 Å². The minimum absolute atomic E-state index is 0.464. The molecule has 0 radical (unpaired) electrons. The minimum Gasteiger partial charge on any atom is -0.300 e. The molecule has 0 spiro atoms.